The van der Waals surface area contributed by atoms with E-state index in [2.05, 4.69) is 31.5 Å². The van der Waals surface area contributed by atoms with Crippen LogP contribution in [0.25, 0.3) is 0 Å². The monoisotopic (exact) mass is 351 g/mol. The van der Waals surface area contributed by atoms with E-state index in [9.17, 15) is 4.79 Å². The standard InChI is InChI=1S/C16H22BrN3O/c17-12-5-7-13(8-6-12)19-16(21)11-20-10-2-4-15(20)14-3-1-9-18-14/h5-8,14-15,18H,1-4,9-11H2,(H,19,21). The highest BCUT2D eigenvalue weighted by Crippen LogP contribution is 2.24. The second-order valence-corrected chi connectivity index (χ2v) is 6.85. The van der Waals surface area contributed by atoms with Gasteiger partial charge in [-0.15, -0.1) is 0 Å². The van der Waals surface area contributed by atoms with Crippen LogP contribution in [0.4, 0.5) is 5.69 Å². The van der Waals surface area contributed by atoms with Crippen LogP contribution in [0.5, 0.6) is 0 Å². The lowest BCUT2D eigenvalue weighted by Crippen LogP contribution is -2.46. The molecule has 0 aliphatic carbocycles. The van der Waals surface area contributed by atoms with Crippen molar-refractivity contribution in [3.8, 4) is 0 Å². The van der Waals surface area contributed by atoms with Crippen molar-refractivity contribution in [2.75, 3.05) is 25.0 Å². The number of likely N-dealkylation sites (tertiary alicyclic amines) is 1. The highest BCUT2D eigenvalue weighted by atomic mass is 79.9. The number of halogens is 1. The minimum atomic E-state index is 0.0854. The summed E-state index contributed by atoms with van der Waals surface area (Å²) in [5.41, 5.74) is 0.859. The van der Waals surface area contributed by atoms with E-state index in [-0.39, 0.29) is 5.91 Å². The van der Waals surface area contributed by atoms with Crippen molar-refractivity contribution in [2.45, 2.75) is 37.8 Å². The Bertz CT molecular complexity index is 485. The molecule has 0 spiro atoms. The highest BCUT2D eigenvalue weighted by Gasteiger charge is 2.33. The van der Waals surface area contributed by atoms with Crippen LogP contribution >= 0.6 is 15.9 Å². The fourth-order valence-corrected chi connectivity index (χ4v) is 3.73. The molecule has 0 bridgehead atoms. The van der Waals surface area contributed by atoms with Gasteiger partial charge in [-0.2, -0.15) is 0 Å². The van der Waals surface area contributed by atoms with Gasteiger partial charge in [0.25, 0.3) is 0 Å². The van der Waals surface area contributed by atoms with Crippen molar-refractivity contribution in [3.05, 3.63) is 28.7 Å². The molecule has 0 aromatic heterocycles. The van der Waals surface area contributed by atoms with E-state index in [1.54, 1.807) is 0 Å². The van der Waals surface area contributed by atoms with E-state index in [1.807, 2.05) is 24.3 Å². The third-order valence-electron chi connectivity index (χ3n) is 4.45. The van der Waals surface area contributed by atoms with Gasteiger partial charge in [-0.3, -0.25) is 9.69 Å². The number of hydrogen-bond acceptors (Lipinski definition) is 3. The largest absolute Gasteiger partial charge is 0.325 e. The van der Waals surface area contributed by atoms with Gasteiger partial charge in [0.2, 0.25) is 5.91 Å². The Kier molecular flexibility index (Phi) is 4.93. The fourth-order valence-electron chi connectivity index (χ4n) is 3.46. The number of nitrogens with one attached hydrogen (secondary N) is 2. The molecule has 1 aromatic rings. The molecular formula is C16H22BrN3O. The molecular weight excluding hydrogens is 330 g/mol. The number of benzene rings is 1. The van der Waals surface area contributed by atoms with Crippen LogP contribution in [0.3, 0.4) is 0 Å². The van der Waals surface area contributed by atoms with E-state index in [4.69, 9.17) is 0 Å². The van der Waals surface area contributed by atoms with Crippen molar-refractivity contribution < 1.29 is 4.79 Å². The fraction of sp³-hybridized carbons (Fsp3) is 0.562. The zero-order valence-corrected chi connectivity index (χ0v) is 13.7. The minimum absolute atomic E-state index is 0.0854. The average molecular weight is 352 g/mol. The molecule has 1 aromatic carbocycles. The van der Waals surface area contributed by atoms with Gasteiger partial charge >= 0.3 is 0 Å². The molecule has 2 unspecified atom stereocenters. The van der Waals surface area contributed by atoms with Crippen molar-refractivity contribution in [3.63, 3.8) is 0 Å². The first-order chi connectivity index (χ1) is 10.2. The average Bonchev–Trinajstić information content (AvgIpc) is 3.11. The number of carbonyl (C=O) groups is 1. The summed E-state index contributed by atoms with van der Waals surface area (Å²) in [6.45, 7) is 2.66. The second kappa shape index (κ2) is 6.90. The molecule has 0 radical (unpaired) electrons. The first kappa shape index (κ1) is 15.0. The maximum Gasteiger partial charge on any atom is 0.238 e. The highest BCUT2D eigenvalue weighted by molar-refractivity contribution is 9.10. The zero-order valence-electron chi connectivity index (χ0n) is 12.1. The lowest BCUT2D eigenvalue weighted by atomic mass is 10.0. The molecule has 4 nitrogen and oxygen atoms in total. The molecule has 2 fully saturated rings. The molecule has 3 rings (SSSR count). The SMILES string of the molecule is O=C(CN1CCCC1C1CCCN1)Nc1ccc(Br)cc1. The van der Waals surface area contributed by atoms with Crippen LogP contribution in [0, 0.1) is 0 Å². The number of nitrogens with zero attached hydrogens (tertiary/aromatic N) is 1. The number of carbonyl (C=O) groups excluding carboxylic acids is 1. The minimum Gasteiger partial charge on any atom is -0.325 e. The van der Waals surface area contributed by atoms with Gasteiger partial charge in [0.05, 0.1) is 6.54 Å². The smallest absolute Gasteiger partial charge is 0.238 e. The summed E-state index contributed by atoms with van der Waals surface area (Å²) in [5.74, 6) is 0.0854. The molecule has 2 saturated heterocycles. The summed E-state index contributed by atoms with van der Waals surface area (Å²) < 4.78 is 1.02. The summed E-state index contributed by atoms with van der Waals surface area (Å²) in [5, 5.41) is 6.56. The Morgan fingerprint density at radius 3 is 2.81 bits per heavy atom. The van der Waals surface area contributed by atoms with E-state index in [1.165, 1.54) is 25.7 Å². The van der Waals surface area contributed by atoms with Gasteiger partial charge in [0.1, 0.15) is 0 Å². The summed E-state index contributed by atoms with van der Waals surface area (Å²) in [6, 6.07) is 8.83. The lowest BCUT2D eigenvalue weighted by molar-refractivity contribution is -0.117. The van der Waals surface area contributed by atoms with Crippen molar-refractivity contribution in [1.29, 1.82) is 0 Å². The molecule has 2 atom stereocenters. The number of rotatable bonds is 4. The van der Waals surface area contributed by atoms with Crippen molar-refractivity contribution >= 4 is 27.5 Å². The lowest BCUT2D eigenvalue weighted by Gasteiger charge is -2.28. The molecule has 1 amide bonds. The van der Waals surface area contributed by atoms with Crippen LogP contribution < -0.4 is 10.6 Å². The van der Waals surface area contributed by atoms with Crippen molar-refractivity contribution in [2.24, 2.45) is 0 Å². The normalized spacial score (nSPS) is 26.1. The molecule has 21 heavy (non-hydrogen) atoms. The third kappa shape index (κ3) is 3.84. The topological polar surface area (TPSA) is 44.4 Å². The predicted octanol–water partition coefficient (Wildman–Crippen LogP) is 2.60. The van der Waals surface area contributed by atoms with Crippen LogP contribution in [0.1, 0.15) is 25.7 Å². The molecule has 0 saturated carbocycles. The Labute approximate surface area is 134 Å². The van der Waals surface area contributed by atoms with E-state index >= 15 is 0 Å². The molecule has 2 aliphatic heterocycles. The molecule has 2 heterocycles. The third-order valence-corrected chi connectivity index (χ3v) is 4.98. The van der Waals surface area contributed by atoms with Crippen molar-refractivity contribution in [1.82, 2.24) is 10.2 Å². The maximum absolute atomic E-state index is 12.2. The van der Waals surface area contributed by atoms with E-state index < -0.39 is 0 Å². The maximum atomic E-state index is 12.2. The first-order valence-corrected chi connectivity index (χ1v) is 8.54. The summed E-state index contributed by atoms with van der Waals surface area (Å²) >= 11 is 3.40. The predicted molar refractivity (Wildman–Crippen MR) is 88.4 cm³/mol. The number of hydrogen-bond donors (Lipinski definition) is 2. The Morgan fingerprint density at radius 1 is 1.29 bits per heavy atom. The van der Waals surface area contributed by atoms with Crippen LogP contribution in [0.15, 0.2) is 28.7 Å². The van der Waals surface area contributed by atoms with Crippen LogP contribution in [0.2, 0.25) is 0 Å². The number of anilines is 1. The molecule has 2 N–H and O–H groups in total. The van der Waals surface area contributed by atoms with E-state index in [0.29, 0.717) is 18.6 Å². The number of amides is 1. The molecule has 114 valence electrons. The van der Waals surface area contributed by atoms with Crippen LogP contribution in [-0.4, -0.2) is 42.5 Å². The van der Waals surface area contributed by atoms with Crippen LogP contribution in [-0.2, 0) is 4.79 Å². The quantitative estimate of drug-likeness (QED) is 0.876. The first-order valence-electron chi connectivity index (χ1n) is 7.75. The van der Waals surface area contributed by atoms with E-state index in [0.717, 1.165) is 23.2 Å². The van der Waals surface area contributed by atoms with Gasteiger partial charge in [-0.25, -0.2) is 0 Å². The molecule has 5 heteroatoms. The summed E-state index contributed by atoms with van der Waals surface area (Å²) in [6.07, 6.45) is 4.92. The van der Waals surface area contributed by atoms with Gasteiger partial charge in [0, 0.05) is 22.2 Å². The Morgan fingerprint density at radius 2 is 2.10 bits per heavy atom. The van der Waals surface area contributed by atoms with Gasteiger partial charge < -0.3 is 10.6 Å². The second-order valence-electron chi connectivity index (χ2n) is 5.94. The molecule has 2 aliphatic rings. The van der Waals surface area contributed by atoms with Gasteiger partial charge in [0.15, 0.2) is 0 Å². The Hall–Kier alpha value is -0.910. The zero-order chi connectivity index (χ0) is 14.7. The van der Waals surface area contributed by atoms with Gasteiger partial charge in [-0.1, -0.05) is 15.9 Å². The summed E-state index contributed by atoms with van der Waals surface area (Å²) in [4.78, 5) is 14.6. The summed E-state index contributed by atoms with van der Waals surface area (Å²) in [7, 11) is 0. The van der Waals surface area contributed by atoms with Gasteiger partial charge in [-0.05, 0) is 63.0 Å². The Balaban J connectivity index is 1.54.